The average Bonchev–Trinajstić information content (AvgIpc) is 3.17. The quantitative estimate of drug-likeness (QED) is 0.818. The number of rotatable bonds is 5. The minimum Gasteiger partial charge on any atom is -0.444 e. The lowest BCUT2D eigenvalue weighted by molar-refractivity contribution is -0.125. The number of carbonyl (C=O) groups is 2. The third kappa shape index (κ3) is 6.18. The zero-order valence-corrected chi connectivity index (χ0v) is 17.8. The average molecular weight is 404 g/mol. The minimum atomic E-state index is -0.570. The Hall–Kier alpha value is -2.12. The lowest BCUT2D eigenvalue weighted by atomic mass is 10.1. The summed E-state index contributed by atoms with van der Waals surface area (Å²) in [5.74, 6) is -0.116. The van der Waals surface area contributed by atoms with Crippen LogP contribution in [0.15, 0.2) is 24.3 Å². The number of nitrogens with one attached hydrogen (secondary N) is 1. The molecule has 2 aliphatic heterocycles. The fourth-order valence-corrected chi connectivity index (χ4v) is 3.76. The molecule has 1 N–H and O–H groups in total. The lowest BCUT2D eigenvalue weighted by Gasteiger charge is -2.28. The van der Waals surface area contributed by atoms with Gasteiger partial charge in [-0.05, 0) is 44.7 Å². The Bertz CT molecular complexity index is 710. The highest BCUT2D eigenvalue weighted by atomic mass is 16.6. The van der Waals surface area contributed by atoms with Crippen molar-refractivity contribution < 1.29 is 19.1 Å². The van der Waals surface area contributed by atoms with Gasteiger partial charge in [-0.25, -0.2) is 4.79 Å². The van der Waals surface area contributed by atoms with Crippen LogP contribution in [0.1, 0.15) is 44.7 Å². The Kier molecular flexibility index (Phi) is 7.14. The summed E-state index contributed by atoms with van der Waals surface area (Å²) in [6.07, 6.45) is 1.06. The van der Waals surface area contributed by atoms with Gasteiger partial charge in [-0.1, -0.05) is 24.3 Å². The molecule has 2 amide bonds. The summed E-state index contributed by atoms with van der Waals surface area (Å²) in [4.78, 5) is 29.2. The maximum atomic E-state index is 12.8. The molecule has 29 heavy (non-hydrogen) atoms. The van der Waals surface area contributed by atoms with Crippen LogP contribution in [0.2, 0.25) is 0 Å². The van der Waals surface area contributed by atoms with Crippen molar-refractivity contribution in [1.82, 2.24) is 15.1 Å². The number of morpholine rings is 1. The van der Waals surface area contributed by atoms with Crippen LogP contribution in [-0.4, -0.2) is 66.3 Å². The summed E-state index contributed by atoms with van der Waals surface area (Å²) in [7, 11) is 0. The number of hydrogen-bond acceptors (Lipinski definition) is 5. The van der Waals surface area contributed by atoms with Gasteiger partial charge < -0.3 is 14.8 Å². The van der Waals surface area contributed by atoms with Gasteiger partial charge in [0.05, 0.1) is 13.2 Å². The molecule has 0 bridgehead atoms. The second kappa shape index (κ2) is 9.59. The summed E-state index contributed by atoms with van der Waals surface area (Å²) in [5, 5.41) is 3.03. The van der Waals surface area contributed by atoms with Gasteiger partial charge in [0.25, 0.3) is 0 Å². The Labute approximate surface area is 173 Å². The van der Waals surface area contributed by atoms with Crippen LogP contribution in [0.4, 0.5) is 4.79 Å². The van der Waals surface area contributed by atoms with E-state index in [1.165, 1.54) is 5.56 Å². The first kappa shape index (κ1) is 21.6. The topological polar surface area (TPSA) is 71.1 Å². The fourth-order valence-electron chi connectivity index (χ4n) is 3.76. The fraction of sp³-hybridized carbons (Fsp3) is 0.636. The van der Waals surface area contributed by atoms with Crippen molar-refractivity contribution in [2.75, 3.05) is 32.8 Å². The number of hydrogen-bond donors (Lipinski definition) is 1. The lowest BCUT2D eigenvalue weighted by Crippen LogP contribution is -2.47. The van der Waals surface area contributed by atoms with Gasteiger partial charge in [-0.3, -0.25) is 14.6 Å². The van der Waals surface area contributed by atoms with Crippen LogP contribution >= 0.6 is 0 Å². The first-order valence-corrected chi connectivity index (χ1v) is 10.5. The zero-order chi connectivity index (χ0) is 20.9. The highest BCUT2D eigenvalue weighted by Crippen LogP contribution is 2.21. The van der Waals surface area contributed by atoms with Gasteiger partial charge in [0.2, 0.25) is 5.91 Å². The molecule has 7 nitrogen and oxygen atoms in total. The molecule has 1 atom stereocenters. The van der Waals surface area contributed by atoms with E-state index < -0.39 is 17.7 Å². The SMILES string of the molecule is CC(C)(C)OC(=O)N1CCC[C@H]1C(=O)NCc1ccccc1CN1CCOCC1. The van der Waals surface area contributed by atoms with Gasteiger partial charge in [-0.15, -0.1) is 0 Å². The van der Waals surface area contributed by atoms with Crippen molar-refractivity contribution in [3.8, 4) is 0 Å². The molecule has 160 valence electrons. The molecular weight excluding hydrogens is 370 g/mol. The molecule has 2 aliphatic rings. The third-order valence-electron chi connectivity index (χ3n) is 5.25. The van der Waals surface area contributed by atoms with E-state index in [1.54, 1.807) is 4.90 Å². The minimum absolute atomic E-state index is 0.116. The van der Waals surface area contributed by atoms with Crippen molar-refractivity contribution in [3.05, 3.63) is 35.4 Å². The first-order valence-electron chi connectivity index (χ1n) is 10.5. The van der Waals surface area contributed by atoms with Crippen LogP contribution in [0, 0.1) is 0 Å². The molecule has 0 radical (unpaired) electrons. The Morgan fingerprint density at radius 1 is 1.14 bits per heavy atom. The molecule has 0 unspecified atom stereocenters. The molecule has 3 rings (SSSR count). The van der Waals surface area contributed by atoms with Crippen LogP contribution in [0.25, 0.3) is 0 Å². The largest absolute Gasteiger partial charge is 0.444 e. The summed E-state index contributed by atoms with van der Waals surface area (Å²) >= 11 is 0. The zero-order valence-electron chi connectivity index (χ0n) is 17.8. The second-order valence-corrected chi connectivity index (χ2v) is 8.71. The van der Waals surface area contributed by atoms with Crippen molar-refractivity contribution in [2.24, 2.45) is 0 Å². The van der Waals surface area contributed by atoms with Gasteiger partial charge in [0.15, 0.2) is 0 Å². The van der Waals surface area contributed by atoms with E-state index in [4.69, 9.17) is 9.47 Å². The molecule has 0 spiro atoms. The summed E-state index contributed by atoms with van der Waals surface area (Å²) in [5.41, 5.74) is 1.75. The predicted octanol–water partition coefficient (Wildman–Crippen LogP) is 2.53. The molecule has 2 heterocycles. The standard InChI is InChI=1S/C22H33N3O4/c1-22(2,3)29-21(27)25-10-6-9-19(25)20(26)23-15-17-7-4-5-8-18(17)16-24-11-13-28-14-12-24/h4-5,7-8,19H,6,9-16H2,1-3H3,(H,23,26)/t19-/m0/s1. The van der Waals surface area contributed by atoms with E-state index in [2.05, 4.69) is 22.3 Å². The second-order valence-electron chi connectivity index (χ2n) is 8.71. The van der Waals surface area contributed by atoms with Crippen molar-refractivity contribution in [2.45, 2.75) is 58.3 Å². The summed E-state index contributed by atoms with van der Waals surface area (Å²) in [6.45, 7) is 10.7. The van der Waals surface area contributed by atoms with E-state index in [9.17, 15) is 9.59 Å². The Balaban J connectivity index is 1.58. The monoisotopic (exact) mass is 403 g/mol. The maximum Gasteiger partial charge on any atom is 0.410 e. The van der Waals surface area contributed by atoms with E-state index in [0.717, 1.165) is 44.8 Å². The predicted molar refractivity (Wildman–Crippen MR) is 110 cm³/mol. The Morgan fingerprint density at radius 2 is 1.83 bits per heavy atom. The van der Waals surface area contributed by atoms with Crippen LogP contribution in [-0.2, 0) is 27.4 Å². The number of benzene rings is 1. The highest BCUT2D eigenvalue weighted by molar-refractivity contribution is 5.86. The number of carbonyl (C=O) groups excluding carboxylic acids is 2. The maximum absolute atomic E-state index is 12.8. The molecule has 7 heteroatoms. The summed E-state index contributed by atoms with van der Waals surface area (Å²) in [6, 6.07) is 7.72. The normalized spacial score (nSPS) is 20.5. The molecule has 1 aromatic rings. The van der Waals surface area contributed by atoms with Crippen LogP contribution in [0.5, 0.6) is 0 Å². The molecule has 0 aliphatic carbocycles. The summed E-state index contributed by atoms with van der Waals surface area (Å²) < 4.78 is 10.9. The highest BCUT2D eigenvalue weighted by Gasteiger charge is 2.36. The van der Waals surface area contributed by atoms with E-state index >= 15 is 0 Å². The molecule has 1 aromatic carbocycles. The van der Waals surface area contributed by atoms with Crippen LogP contribution < -0.4 is 5.32 Å². The number of likely N-dealkylation sites (tertiary alicyclic amines) is 1. The molecule has 0 saturated carbocycles. The number of nitrogens with zero attached hydrogens (tertiary/aromatic N) is 2. The van der Waals surface area contributed by atoms with Gasteiger partial charge in [0.1, 0.15) is 11.6 Å². The molecular formula is C22H33N3O4. The van der Waals surface area contributed by atoms with E-state index in [-0.39, 0.29) is 5.91 Å². The van der Waals surface area contributed by atoms with Gasteiger partial charge >= 0.3 is 6.09 Å². The van der Waals surface area contributed by atoms with Crippen molar-refractivity contribution in [1.29, 1.82) is 0 Å². The van der Waals surface area contributed by atoms with Crippen LogP contribution in [0.3, 0.4) is 0 Å². The van der Waals surface area contributed by atoms with Gasteiger partial charge in [0, 0.05) is 32.7 Å². The van der Waals surface area contributed by atoms with Crippen molar-refractivity contribution in [3.63, 3.8) is 0 Å². The Morgan fingerprint density at radius 3 is 2.52 bits per heavy atom. The number of ether oxygens (including phenoxy) is 2. The smallest absolute Gasteiger partial charge is 0.410 e. The van der Waals surface area contributed by atoms with Gasteiger partial charge in [-0.2, -0.15) is 0 Å². The molecule has 0 aromatic heterocycles. The van der Waals surface area contributed by atoms with E-state index in [0.29, 0.717) is 19.5 Å². The third-order valence-corrected chi connectivity index (χ3v) is 5.25. The van der Waals surface area contributed by atoms with Crippen molar-refractivity contribution >= 4 is 12.0 Å². The van der Waals surface area contributed by atoms with E-state index in [1.807, 2.05) is 32.9 Å². The first-order chi connectivity index (χ1) is 13.8. The molecule has 2 saturated heterocycles. The molecule has 2 fully saturated rings. The number of amides is 2.